The molecule has 2 fully saturated rings. The lowest BCUT2D eigenvalue weighted by molar-refractivity contribution is 0.0595. The number of nitrogen functional groups attached to an aromatic ring is 1. The molecule has 3 unspecified atom stereocenters. The number of fused-ring (bicyclic) bond motifs is 2. The Bertz CT molecular complexity index is 497. The van der Waals surface area contributed by atoms with Crippen LogP contribution in [0, 0.1) is 6.92 Å². The van der Waals surface area contributed by atoms with Gasteiger partial charge in [0.15, 0.2) is 5.69 Å². The van der Waals surface area contributed by atoms with Crippen molar-refractivity contribution in [1.29, 1.82) is 0 Å². The van der Waals surface area contributed by atoms with E-state index in [1.54, 1.807) is 0 Å². The number of imidazole rings is 1. The number of hydrogen-bond acceptors (Lipinski definition) is 5. The number of carbonyl (C=O) groups is 1. The van der Waals surface area contributed by atoms with Crippen molar-refractivity contribution in [2.75, 3.05) is 12.8 Å². The van der Waals surface area contributed by atoms with Crippen LogP contribution < -0.4 is 5.73 Å². The summed E-state index contributed by atoms with van der Waals surface area (Å²) in [5.74, 6) is 0.646. The molecule has 0 saturated carbocycles. The summed E-state index contributed by atoms with van der Waals surface area (Å²) >= 11 is 0. The average Bonchev–Trinajstić information content (AvgIpc) is 3.03. The molecule has 1 aromatic heterocycles. The van der Waals surface area contributed by atoms with E-state index in [1.807, 2.05) is 11.5 Å². The van der Waals surface area contributed by atoms with Gasteiger partial charge in [-0.25, -0.2) is 9.78 Å². The third kappa shape index (κ3) is 1.52. The number of aromatic nitrogens is 2. The predicted molar refractivity (Wildman–Crippen MR) is 64.3 cm³/mol. The molecule has 98 valence electrons. The fourth-order valence-electron chi connectivity index (χ4n) is 3.11. The van der Waals surface area contributed by atoms with E-state index in [-0.39, 0.29) is 17.8 Å². The van der Waals surface area contributed by atoms with Crippen molar-refractivity contribution in [3.05, 3.63) is 11.5 Å². The standard InChI is InChI=1S/C12H17N3O3/c1-6-14-10(12(16)17-2)11(13)15(6)8-5-7-3-4-9(8)18-7/h7-9H,3-5,13H2,1-2H3. The SMILES string of the molecule is COC(=O)c1nc(C)n(C2CC3CCC2O3)c1N. The van der Waals surface area contributed by atoms with Crippen LogP contribution in [0.1, 0.15) is 41.6 Å². The number of anilines is 1. The Morgan fingerprint density at radius 3 is 2.89 bits per heavy atom. The van der Waals surface area contributed by atoms with Gasteiger partial charge in [-0.3, -0.25) is 0 Å². The lowest BCUT2D eigenvalue weighted by Crippen LogP contribution is -2.23. The molecule has 0 aromatic carbocycles. The van der Waals surface area contributed by atoms with Crippen LogP contribution in [0.2, 0.25) is 0 Å². The number of nitrogens with two attached hydrogens (primary N) is 1. The van der Waals surface area contributed by atoms with Crippen molar-refractivity contribution >= 4 is 11.8 Å². The van der Waals surface area contributed by atoms with Gasteiger partial charge in [0, 0.05) is 0 Å². The van der Waals surface area contributed by atoms with Gasteiger partial charge in [-0.1, -0.05) is 0 Å². The van der Waals surface area contributed by atoms with Crippen LogP contribution in [0.3, 0.4) is 0 Å². The maximum absolute atomic E-state index is 11.6. The maximum atomic E-state index is 11.6. The van der Waals surface area contributed by atoms with Gasteiger partial charge in [0.05, 0.1) is 25.4 Å². The number of esters is 1. The molecule has 3 atom stereocenters. The summed E-state index contributed by atoms with van der Waals surface area (Å²) in [4.78, 5) is 15.8. The molecule has 18 heavy (non-hydrogen) atoms. The average molecular weight is 251 g/mol. The summed E-state index contributed by atoms with van der Waals surface area (Å²) in [6.45, 7) is 1.86. The maximum Gasteiger partial charge on any atom is 0.360 e. The number of hydrogen-bond donors (Lipinski definition) is 1. The van der Waals surface area contributed by atoms with Crippen molar-refractivity contribution in [2.45, 2.75) is 44.4 Å². The molecule has 0 radical (unpaired) electrons. The number of rotatable bonds is 2. The first-order valence-electron chi connectivity index (χ1n) is 6.20. The fourth-order valence-corrected chi connectivity index (χ4v) is 3.11. The Balaban J connectivity index is 1.97. The quantitative estimate of drug-likeness (QED) is 0.795. The minimum atomic E-state index is -0.488. The van der Waals surface area contributed by atoms with Crippen molar-refractivity contribution < 1.29 is 14.3 Å². The molecule has 6 heteroatoms. The third-order valence-corrected chi connectivity index (χ3v) is 3.91. The van der Waals surface area contributed by atoms with Crippen LogP contribution in [0.5, 0.6) is 0 Å². The molecule has 1 aromatic rings. The van der Waals surface area contributed by atoms with Gasteiger partial charge in [0.1, 0.15) is 11.6 Å². The van der Waals surface area contributed by atoms with E-state index in [1.165, 1.54) is 7.11 Å². The Hall–Kier alpha value is -1.56. The molecule has 3 rings (SSSR count). The van der Waals surface area contributed by atoms with Crippen molar-refractivity contribution in [3.8, 4) is 0 Å². The largest absolute Gasteiger partial charge is 0.464 e. The van der Waals surface area contributed by atoms with E-state index in [4.69, 9.17) is 10.5 Å². The van der Waals surface area contributed by atoms with Gasteiger partial charge in [-0.05, 0) is 26.2 Å². The first kappa shape index (κ1) is 11.5. The Morgan fingerprint density at radius 1 is 1.56 bits per heavy atom. The molecule has 0 spiro atoms. The summed E-state index contributed by atoms with van der Waals surface area (Å²) in [6, 6.07) is 0.203. The molecular formula is C12H17N3O3. The summed E-state index contributed by atoms with van der Waals surface area (Å²) in [6.07, 6.45) is 3.67. The van der Waals surface area contributed by atoms with Gasteiger partial charge >= 0.3 is 5.97 Å². The molecule has 0 amide bonds. The van der Waals surface area contributed by atoms with Crippen molar-refractivity contribution in [2.24, 2.45) is 0 Å². The molecule has 2 saturated heterocycles. The van der Waals surface area contributed by atoms with Crippen LogP contribution in [0.4, 0.5) is 5.82 Å². The Kier molecular flexibility index (Phi) is 2.55. The van der Waals surface area contributed by atoms with Crippen LogP contribution in [0.25, 0.3) is 0 Å². The minimum absolute atomic E-state index is 0.203. The first-order valence-corrected chi connectivity index (χ1v) is 6.20. The summed E-state index contributed by atoms with van der Waals surface area (Å²) < 4.78 is 12.4. The minimum Gasteiger partial charge on any atom is -0.464 e. The molecule has 2 aliphatic rings. The normalized spacial score (nSPS) is 29.8. The smallest absolute Gasteiger partial charge is 0.360 e. The lowest BCUT2D eigenvalue weighted by Gasteiger charge is -2.22. The Labute approximate surface area is 105 Å². The van der Waals surface area contributed by atoms with E-state index in [0.29, 0.717) is 11.9 Å². The lowest BCUT2D eigenvalue weighted by atomic mass is 9.95. The number of methoxy groups -OCH3 is 1. The summed E-state index contributed by atoms with van der Waals surface area (Å²) in [5.41, 5.74) is 6.24. The van der Waals surface area contributed by atoms with E-state index in [2.05, 4.69) is 9.72 Å². The molecule has 2 bridgehead atoms. The fraction of sp³-hybridized carbons (Fsp3) is 0.667. The van der Waals surface area contributed by atoms with Gasteiger partial charge in [0.25, 0.3) is 0 Å². The van der Waals surface area contributed by atoms with Crippen LogP contribution >= 0.6 is 0 Å². The van der Waals surface area contributed by atoms with Gasteiger partial charge in [-0.2, -0.15) is 0 Å². The van der Waals surface area contributed by atoms with Crippen molar-refractivity contribution in [3.63, 3.8) is 0 Å². The first-order chi connectivity index (χ1) is 8.61. The highest BCUT2D eigenvalue weighted by molar-refractivity contribution is 5.92. The topological polar surface area (TPSA) is 79.4 Å². The second-order valence-corrected chi connectivity index (χ2v) is 4.93. The van der Waals surface area contributed by atoms with Crippen LogP contribution in [-0.2, 0) is 9.47 Å². The number of carbonyl (C=O) groups excluding carboxylic acids is 1. The zero-order valence-electron chi connectivity index (χ0n) is 10.5. The van der Waals surface area contributed by atoms with Gasteiger partial charge in [-0.15, -0.1) is 0 Å². The van der Waals surface area contributed by atoms with E-state index >= 15 is 0 Å². The predicted octanol–water partition coefficient (Wildman–Crippen LogP) is 1.05. The molecule has 6 nitrogen and oxygen atoms in total. The molecular weight excluding hydrogens is 234 g/mol. The van der Waals surface area contributed by atoms with Crippen molar-refractivity contribution in [1.82, 2.24) is 9.55 Å². The van der Waals surface area contributed by atoms with E-state index in [9.17, 15) is 4.79 Å². The molecule has 0 aliphatic carbocycles. The van der Waals surface area contributed by atoms with E-state index in [0.717, 1.165) is 25.1 Å². The zero-order chi connectivity index (χ0) is 12.9. The zero-order valence-corrected chi connectivity index (χ0v) is 10.5. The van der Waals surface area contributed by atoms with E-state index < -0.39 is 5.97 Å². The third-order valence-electron chi connectivity index (χ3n) is 3.91. The number of aryl methyl sites for hydroxylation is 1. The molecule has 3 heterocycles. The highest BCUT2D eigenvalue weighted by atomic mass is 16.5. The monoisotopic (exact) mass is 251 g/mol. The molecule has 2 aliphatic heterocycles. The summed E-state index contributed by atoms with van der Waals surface area (Å²) in [7, 11) is 1.33. The van der Waals surface area contributed by atoms with Crippen LogP contribution in [-0.4, -0.2) is 34.8 Å². The second-order valence-electron chi connectivity index (χ2n) is 4.93. The summed E-state index contributed by atoms with van der Waals surface area (Å²) in [5, 5.41) is 0. The van der Waals surface area contributed by atoms with Gasteiger partial charge < -0.3 is 19.8 Å². The van der Waals surface area contributed by atoms with Gasteiger partial charge in [0.2, 0.25) is 0 Å². The highest BCUT2D eigenvalue weighted by Gasteiger charge is 2.43. The second kappa shape index (κ2) is 3.98. The highest BCUT2D eigenvalue weighted by Crippen LogP contribution is 2.43. The number of nitrogens with zero attached hydrogens (tertiary/aromatic N) is 2. The number of ether oxygens (including phenoxy) is 2. The Morgan fingerprint density at radius 2 is 2.33 bits per heavy atom. The van der Waals surface area contributed by atoms with Crippen LogP contribution in [0.15, 0.2) is 0 Å². The molecule has 2 N–H and O–H groups in total.